The monoisotopic (exact) mass is 158 g/mol. The molecule has 58 valence electrons. The molecular weight excluding hydrogens is 152 g/mol. The van der Waals surface area contributed by atoms with E-state index in [1.807, 2.05) is 12.1 Å². The molecule has 1 aromatic rings. The first-order chi connectivity index (χ1) is 5.83. The lowest BCUT2D eigenvalue weighted by Crippen LogP contribution is -2.19. The van der Waals surface area contributed by atoms with Crippen molar-refractivity contribution in [3.05, 3.63) is 29.8 Å². The molecule has 0 saturated carbocycles. The van der Waals surface area contributed by atoms with Crippen molar-refractivity contribution in [3.63, 3.8) is 0 Å². The van der Waals surface area contributed by atoms with Gasteiger partial charge in [0, 0.05) is 11.3 Å². The van der Waals surface area contributed by atoms with Crippen LogP contribution in [0.1, 0.15) is 10.4 Å². The lowest BCUT2D eigenvalue weighted by Gasteiger charge is -1.96. The number of benzene rings is 1. The summed E-state index contributed by atoms with van der Waals surface area (Å²) in [7, 11) is 0. The van der Waals surface area contributed by atoms with Crippen LogP contribution in [0.5, 0.6) is 0 Å². The van der Waals surface area contributed by atoms with Crippen LogP contribution in [0.15, 0.2) is 24.3 Å². The average Bonchev–Trinajstić information content (AvgIpc) is 2.44. The van der Waals surface area contributed by atoms with Gasteiger partial charge in [0.1, 0.15) is 0 Å². The first kappa shape index (κ1) is 6.86. The van der Waals surface area contributed by atoms with Gasteiger partial charge in [-0.1, -0.05) is 12.1 Å². The molecule has 0 radical (unpaired) electrons. The largest absolute Gasteiger partial charge is 0.363 e. The van der Waals surface area contributed by atoms with Crippen molar-refractivity contribution in [1.29, 1.82) is 5.26 Å². The average molecular weight is 158 g/mol. The second-order valence-electron chi connectivity index (χ2n) is 2.62. The Kier molecular flexibility index (Phi) is 1.34. The van der Waals surface area contributed by atoms with Gasteiger partial charge in [0.25, 0.3) is 0 Å². The molecule has 1 aliphatic rings. The number of hydrogen-bond donors (Lipinski definition) is 1. The first-order valence-corrected chi connectivity index (χ1v) is 3.62. The highest BCUT2D eigenvalue weighted by atomic mass is 16.1. The molecule has 0 amide bonds. The third kappa shape index (κ3) is 0.785. The molecule has 1 atom stereocenters. The van der Waals surface area contributed by atoms with Crippen molar-refractivity contribution in [2.75, 3.05) is 5.32 Å². The molecule has 0 saturated heterocycles. The van der Waals surface area contributed by atoms with E-state index in [2.05, 4.69) is 5.32 Å². The van der Waals surface area contributed by atoms with Gasteiger partial charge in [-0.3, -0.25) is 4.79 Å². The summed E-state index contributed by atoms with van der Waals surface area (Å²) < 4.78 is 0. The van der Waals surface area contributed by atoms with Gasteiger partial charge in [0.05, 0.1) is 6.07 Å². The molecule has 0 aliphatic carbocycles. The fourth-order valence-electron chi connectivity index (χ4n) is 1.29. The summed E-state index contributed by atoms with van der Waals surface area (Å²) in [6.07, 6.45) is 0. The Morgan fingerprint density at radius 2 is 2.17 bits per heavy atom. The number of anilines is 1. The van der Waals surface area contributed by atoms with E-state index in [0.717, 1.165) is 5.69 Å². The molecule has 2 rings (SSSR count). The van der Waals surface area contributed by atoms with Crippen molar-refractivity contribution >= 4 is 11.5 Å². The van der Waals surface area contributed by atoms with Crippen molar-refractivity contribution in [2.45, 2.75) is 6.04 Å². The minimum Gasteiger partial charge on any atom is -0.363 e. The molecule has 1 heterocycles. The van der Waals surface area contributed by atoms with E-state index in [-0.39, 0.29) is 5.78 Å². The van der Waals surface area contributed by atoms with Gasteiger partial charge in [0.15, 0.2) is 6.04 Å². The Bertz CT molecular complexity index is 378. The Balaban J connectivity index is 2.51. The SMILES string of the molecule is N#CC1Nc2ccccc2C1=O. The zero-order valence-electron chi connectivity index (χ0n) is 6.24. The number of nitrogens with one attached hydrogen (secondary N) is 1. The normalized spacial score (nSPS) is 19.6. The van der Waals surface area contributed by atoms with Gasteiger partial charge < -0.3 is 5.32 Å². The fraction of sp³-hybridized carbons (Fsp3) is 0.111. The highest BCUT2D eigenvalue weighted by molar-refractivity contribution is 6.11. The minimum absolute atomic E-state index is 0.131. The number of carbonyl (C=O) groups excluding carboxylic acids is 1. The quantitative estimate of drug-likeness (QED) is 0.617. The maximum Gasteiger partial charge on any atom is 0.201 e. The smallest absolute Gasteiger partial charge is 0.201 e. The van der Waals surface area contributed by atoms with Gasteiger partial charge >= 0.3 is 0 Å². The summed E-state index contributed by atoms with van der Waals surface area (Å²) in [6, 6.07) is 8.35. The first-order valence-electron chi connectivity index (χ1n) is 3.62. The molecule has 0 fully saturated rings. The van der Waals surface area contributed by atoms with E-state index >= 15 is 0 Å². The standard InChI is InChI=1S/C9H6N2O/c10-5-8-9(12)6-3-1-2-4-7(6)11-8/h1-4,8,11H. The van der Waals surface area contributed by atoms with Crippen molar-refractivity contribution in [2.24, 2.45) is 0 Å². The third-order valence-electron chi connectivity index (χ3n) is 1.88. The predicted molar refractivity (Wildman–Crippen MR) is 43.8 cm³/mol. The van der Waals surface area contributed by atoms with Gasteiger partial charge in [-0.25, -0.2) is 0 Å². The lowest BCUT2D eigenvalue weighted by atomic mass is 10.1. The van der Waals surface area contributed by atoms with Crippen molar-refractivity contribution < 1.29 is 4.79 Å². The number of hydrogen-bond acceptors (Lipinski definition) is 3. The number of nitrogens with zero attached hydrogens (tertiary/aromatic N) is 1. The topological polar surface area (TPSA) is 52.9 Å². The number of rotatable bonds is 0. The zero-order valence-corrected chi connectivity index (χ0v) is 6.24. The van der Waals surface area contributed by atoms with Crippen LogP contribution in [0.3, 0.4) is 0 Å². The van der Waals surface area contributed by atoms with Gasteiger partial charge in [-0.15, -0.1) is 0 Å². The van der Waals surface area contributed by atoms with Gasteiger partial charge in [0.2, 0.25) is 5.78 Å². The molecule has 1 aliphatic heterocycles. The fourth-order valence-corrected chi connectivity index (χ4v) is 1.29. The summed E-state index contributed by atoms with van der Waals surface area (Å²) >= 11 is 0. The van der Waals surface area contributed by atoms with E-state index in [4.69, 9.17) is 5.26 Å². The van der Waals surface area contributed by atoms with Crippen LogP contribution in [0.2, 0.25) is 0 Å². The van der Waals surface area contributed by atoms with E-state index in [1.165, 1.54) is 0 Å². The minimum atomic E-state index is -0.692. The molecule has 1 unspecified atom stereocenters. The van der Waals surface area contributed by atoms with Crippen LogP contribution in [0.4, 0.5) is 5.69 Å². The van der Waals surface area contributed by atoms with Crippen molar-refractivity contribution in [1.82, 2.24) is 0 Å². The highest BCUT2D eigenvalue weighted by Crippen LogP contribution is 2.24. The van der Waals surface area contributed by atoms with E-state index < -0.39 is 6.04 Å². The summed E-state index contributed by atoms with van der Waals surface area (Å²) in [4.78, 5) is 11.3. The lowest BCUT2D eigenvalue weighted by molar-refractivity contribution is 0.0995. The Hall–Kier alpha value is -1.82. The number of para-hydroxylation sites is 1. The number of fused-ring (bicyclic) bond motifs is 1. The summed E-state index contributed by atoms with van der Waals surface area (Å²) in [5, 5.41) is 11.4. The molecule has 3 heteroatoms. The van der Waals surface area contributed by atoms with Gasteiger partial charge in [-0.2, -0.15) is 5.26 Å². The highest BCUT2D eigenvalue weighted by Gasteiger charge is 2.28. The Labute approximate surface area is 69.6 Å². The maximum atomic E-state index is 11.3. The van der Waals surface area contributed by atoms with Crippen LogP contribution in [-0.4, -0.2) is 11.8 Å². The van der Waals surface area contributed by atoms with E-state index in [9.17, 15) is 4.79 Å². The molecule has 0 aromatic heterocycles. The number of nitriles is 1. The number of Topliss-reactive ketones (excluding diaryl/α,β-unsaturated/α-hetero) is 1. The molecule has 3 nitrogen and oxygen atoms in total. The van der Waals surface area contributed by atoms with Crippen LogP contribution < -0.4 is 5.32 Å². The Morgan fingerprint density at radius 3 is 2.83 bits per heavy atom. The predicted octanol–water partition coefficient (Wildman–Crippen LogP) is 1.19. The van der Waals surface area contributed by atoms with Crippen LogP contribution in [0.25, 0.3) is 0 Å². The number of ketones is 1. The van der Waals surface area contributed by atoms with Crippen LogP contribution in [-0.2, 0) is 0 Å². The van der Waals surface area contributed by atoms with Crippen molar-refractivity contribution in [3.8, 4) is 6.07 Å². The summed E-state index contributed by atoms with van der Waals surface area (Å²) in [5.41, 5.74) is 1.37. The van der Waals surface area contributed by atoms with E-state index in [0.29, 0.717) is 5.56 Å². The Morgan fingerprint density at radius 1 is 1.42 bits per heavy atom. The molecule has 0 bridgehead atoms. The van der Waals surface area contributed by atoms with Crippen LogP contribution in [0, 0.1) is 11.3 Å². The summed E-state index contributed by atoms with van der Waals surface area (Å²) in [6.45, 7) is 0. The zero-order chi connectivity index (χ0) is 8.55. The van der Waals surface area contributed by atoms with E-state index in [1.54, 1.807) is 18.2 Å². The molecule has 0 spiro atoms. The van der Waals surface area contributed by atoms with Crippen LogP contribution >= 0.6 is 0 Å². The molecular formula is C9H6N2O. The maximum absolute atomic E-state index is 11.3. The number of carbonyl (C=O) groups is 1. The second-order valence-corrected chi connectivity index (χ2v) is 2.62. The second kappa shape index (κ2) is 2.35. The molecule has 1 aromatic carbocycles. The molecule has 1 N–H and O–H groups in total. The van der Waals surface area contributed by atoms with Gasteiger partial charge in [-0.05, 0) is 12.1 Å². The summed E-state index contributed by atoms with van der Waals surface area (Å²) in [5.74, 6) is -0.131. The third-order valence-corrected chi connectivity index (χ3v) is 1.88. The molecule has 12 heavy (non-hydrogen) atoms.